The fraction of sp³-hybridized carbons (Fsp3) is 0.200. The summed E-state index contributed by atoms with van der Waals surface area (Å²) in [7, 11) is 0. The number of hydrogen-bond acceptors (Lipinski definition) is 5. The van der Waals surface area contributed by atoms with Gasteiger partial charge in [-0.2, -0.15) is 5.10 Å². The van der Waals surface area contributed by atoms with Crippen molar-refractivity contribution in [2.75, 3.05) is 5.32 Å². The van der Waals surface area contributed by atoms with Crippen molar-refractivity contribution in [3.63, 3.8) is 0 Å². The first kappa shape index (κ1) is 16.5. The van der Waals surface area contributed by atoms with Gasteiger partial charge < -0.3 is 0 Å². The lowest BCUT2D eigenvalue weighted by atomic mass is 10.2. The summed E-state index contributed by atoms with van der Waals surface area (Å²) in [6.07, 6.45) is 0.746. The van der Waals surface area contributed by atoms with E-state index in [4.69, 9.17) is 11.6 Å². The zero-order valence-corrected chi connectivity index (χ0v) is 14.5. The Bertz CT molecular complexity index is 890. The summed E-state index contributed by atoms with van der Waals surface area (Å²) in [4.78, 5) is 12.5. The van der Waals surface area contributed by atoms with Gasteiger partial charge >= 0.3 is 0 Å². The number of carbonyl (C=O) groups is 1. The lowest BCUT2D eigenvalue weighted by molar-refractivity contribution is 0.102. The number of aryl methyl sites for hydroxylation is 2. The van der Waals surface area contributed by atoms with Gasteiger partial charge in [0.1, 0.15) is 21.5 Å². The molecule has 24 heavy (non-hydrogen) atoms. The summed E-state index contributed by atoms with van der Waals surface area (Å²) in [5, 5.41) is 16.2. The van der Waals surface area contributed by atoms with Gasteiger partial charge in [-0.25, -0.2) is 9.07 Å². The van der Waals surface area contributed by atoms with Crippen LogP contribution in [0, 0.1) is 12.7 Å². The second kappa shape index (κ2) is 6.66. The minimum atomic E-state index is -0.412. The SMILES string of the molecule is CCc1nnc(NC(=O)c2c(C)nn(-c3ccc(F)cc3)c2Cl)s1. The Balaban J connectivity index is 1.90. The molecular formula is C15H13ClFN5OS. The first-order valence-corrected chi connectivity index (χ1v) is 8.33. The summed E-state index contributed by atoms with van der Waals surface area (Å²) in [6, 6.07) is 5.67. The Labute approximate surface area is 146 Å². The van der Waals surface area contributed by atoms with Gasteiger partial charge in [-0.15, -0.1) is 10.2 Å². The van der Waals surface area contributed by atoms with Gasteiger partial charge in [0.05, 0.1) is 11.4 Å². The van der Waals surface area contributed by atoms with Crippen molar-refractivity contribution in [3.05, 3.63) is 51.5 Å². The molecule has 0 saturated heterocycles. The third kappa shape index (κ3) is 3.15. The fourth-order valence-electron chi connectivity index (χ4n) is 2.12. The van der Waals surface area contributed by atoms with E-state index in [2.05, 4.69) is 20.6 Å². The first-order chi connectivity index (χ1) is 11.5. The van der Waals surface area contributed by atoms with Gasteiger partial charge in [0, 0.05) is 0 Å². The molecule has 0 bridgehead atoms. The zero-order valence-electron chi connectivity index (χ0n) is 12.9. The highest BCUT2D eigenvalue weighted by molar-refractivity contribution is 7.15. The third-order valence-corrected chi connectivity index (χ3v) is 4.62. The highest BCUT2D eigenvalue weighted by atomic mass is 35.5. The molecule has 3 aromatic rings. The first-order valence-electron chi connectivity index (χ1n) is 7.14. The van der Waals surface area contributed by atoms with Crippen molar-refractivity contribution in [3.8, 4) is 5.69 Å². The van der Waals surface area contributed by atoms with Gasteiger partial charge in [-0.3, -0.25) is 10.1 Å². The molecule has 0 saturated carbocycles. The molecule has 2 aromatic heterocycles. The summed E-state index contributed by atoms with van der Waals surface area (Å²) in [5.74, 6) is -0.774. The molecule has 0 atom stereocenters. The molecule has 0 radical (unpaired) electrons. The van der Waals surface area contributed by atoms with Crippen LogP contribution < -0.4 is 5.32 Å². The largest absolute Gasteiger partial charge is 0.296 e. The maximum Gasteiger partial charge on any atom is 0.262 e. The van der Waals surface area contributed by atoms with Crippen molar-refractivity contribution >= 4 is 34.0 Å². The highest BCUT2D eigenvalue weighted by Crippen LogP contribution is 2.25. The molecule has 0 aliphatic carbocycles. The molecule has 2 heterocycles. The molecule has 0 fully saturated rings. The lowest BCUT2D eigenvalue weighted by Crippen LogP contribution is -2.13. The third-order valence-electron chi connectivity index (χ3n) is 3.29. The molecule has 1 amide bonds. The van der Waals surface area contributed by atoms with Crippen LogP contribution in [0.1, 0.15) is 28.0 Å². The molecule has 0 aliphatic rings. The number of carbonyl (C=O) groups excluding carboxylic acids is 1. The van der Waals surface area contributed by atoms with Crippen LogP contribution in [0.25, 0.3) is 5.69 Å². The van der Waals surface area contributed by atoms with Crippen molar-refractivity contribution in [2.24, 2.45) is 0 Å². The van der Waals surface area contributed by atoms with E-state index in [1.807, 2.05) is 6.92 Å². The Kier molecular flexibility index (Phi) is 4.59. The Morgan fingerprint density at radius 3 is 2.67 bits per heavy atom. The van der Waals surface area contributed by atoms with Crippen molar-refractivity contribution < 1.29 is 9.18 Å². The Morgan fingerprint density at radius 2 is 2.04 bits per heavy atom. The van der Waals surface area contributed by atoms with Crippen molar-refractivity contribution in [1.82, 2.24) is 20.0 Å². The van der Waals surface area contributed by atoms with Gasteiger partial charge in [0.2, 0.25) is 5.13 Å². The van der Waals surface area contributed by atoms with E-state index in [1.165, 1.54) is 40.3 Å². The van der Waals surface area contributed by atoms with E-state index in [-0.39, 0.29) is 16.5 Å². The smallest absolute Gasteiger partial charge is 0.262 e. The monoisotopic (exact) mass is 365 g/mol. The summed E-state index contributed by atoms with van der Waals surface area (Å²) in [5.41, 5.74) is 1.27. The highest BCUT2D eigenvalue weighted by Gasteiger charge is 2.22. The van der Waals surface area contributed by atoms with Crippen LogP contribution in [0.2, 0.25) is 5.15 Å². The topological polar surface area (TPSA) is 72.7 Å². The Hall–Kier alpha value is -2.32. The zero-order chi connectivity index (χ0) is 17.3. The van der Waals surface area contributed by atoms with E-state index in [1.54, 1.807) is 6.92 Å². The molecule has 0 spiro atoms. The average molecular weight is 366 g/mol. The van der Waals surface area contributed by atoms with Crippen LogP contribution in [0.5, 0.6) is 0 Å². The molecule has 1 aromatic carbocycles. The van der Waals surface area contributed by atoms with Crippen LogP contribution in [0.4, 0.5) is 9.52 Å². The number of amides is 1. The number of nitrogens with zero attached hydrogens (tertiary/aromatic N) is 4. The number of aromatic nitrogens is 4. The summed E-state index contributed by atoms with van der Waals surface area (Å²) < 4.78 is 14.4. The van der Waals surface area contributed by atoms with E-state index >= 15 is 0 Å². The molecule has 0 unspecified atom stereocenters. The van der Waals surface area contributed by atoms with Crippen molar-refractivity contribution in [1.29, 1.82) is 0 Å². The van der Waals surface area contributed by atoms with E-state index in [9.17, 15) is 9.18 Å². The second-order valence-corrected chi connectivity index (χ2v) is 6.37. The van der Waals surface area contributed by atoms with Crippen LogP contribution >= 0.6 is 22.9 Å². The van der Waals surface area contributed by atoms with E-state index < -0.39 is 5.91 Å². The van der Waals surface area contributed by atoms with Gasteiger partial charge in [0.25, 0.3) is 5.91 Å². The molecular weight excluding hydrogens is 353 g/mol. The maximum atomic E-state index is 13.1. The van der Waals surface area contributed by atoms with Crippen LogP contribution in [0.3, 0.4) is 0 Å². The van der Waals surface area contributed by atoms with Crippen molar-refractivity contribution in [2.45, 2.75) is 20.3 Å². The number of rotatable bonds is 4. The molecule has 9 heteroatoms. The summed E-state index contributed by atoms with van der Waals surface area (Å²) in [6.45, 7) is 3.64. The predicted octanol–water partition coefficient (Wildman–Crippen LogP) is 3.64. The van der Waals surface area contributed by atoms with Gasteiger partial charge in [0.15, 0.2) is 0 Å². The predicted molar refractivity (Wildman–Crippen MR) is 90.5 cm³/mol. The number of hydrogen-bond donors (Lipinski definition) is 1. The number of halogens is 2. The normalized spacial score (nSPS) is 10.8. The molecule has 1 N–H and O–H groups in total. The maximum absolute atomic E-state index is 13.1. The second-order valence-electron chi connectivity index (χ2n) is 4.95. The van der Waals surface area contributed by atoms with Gasteiger partial charge in [-0.05, 0) is 37.6 Å². The minimum Gasteiger partial charge on any atom is -0.296 e. The standard InChI is InChI=1S/C15H13ClFN5OS/c1-3-11-19-20-15(24-11)18-14(23)12-8(2)21-22(13(12)16)10-6-4-9(17)5-7-10/h4-7H,3H2,1-2H3,(H,18,20,23). The van der Waals surface area contributed by atoms with E-state index in [0.29, 0.717) is 16.5 Å². The van der Waals surface area contributed by atoms with Gasteiger partial charge in [-0.1, -0.05) is 29.9 Å². The minimum absolute atomic E-state index is 0.150. The van der Waals surface area contributed by atoms with Crippen LogP contribution in [-0.4, -0.2) is 25.9 Å². The van der Waals surface area contributed by atoms with Crippen LogP contribution in [0.15, 0.2) is 24.3 Å². The van der Waals surface area contributed by atoms with E-state index in [0.717, 1.165) is 11.4 Å². The molecule has 3 rings (SSSR count). The number of anilines is 1. The molecule has 6 nitrogen and oxygen atoms in total. The lowest BCUT2D eigenvalue weighted by Gasteiger charge is -2.03. The van der Waals surface area contributed by atoms with Crippen LogP contribution in [-0.2, 0) is 6.42 Å². The molecule has 124 valence electrons. The fourth-order valence-corrected chi connectivity index (χ4v) is 3.15. The number of benzene rings is 1. The quantitative estimate of drug-likeness (QED) is 0.766. The average Bonchev–Trinajstić information content (AvgIpc) is 3.12. The number of nitrogens with one attached hydrogen (secondary N) is 1. The molecule has 0 aliphatic heterocycles. The summed E-state index contributed by atoms with van der Waals surface area (Å²) >= 11 is 7.62. The Morgan fingerprint density at radius 1 is 1.33 bits per heavy atom.